The first kappa shape index (κ1) is 18.6. The molecule has 0 N–H and O–H groups in total. The molecule has 1 aromatic carbocycles. The van der Waals surface area contributed by atoms with E-state index in [2.05, 4.69) is 0 Å². The van der Waals surface area contributed by atoms with Crippen LogP contribution in [0, 0.1) is 0 Å². The summed E-state index contributed by atoms with van der Waals surface area (Å²) in [5, 5.41) is 0. The lowest BCUT2D eigenvalue weighted by molar-refractivity contribution is 0.0313. The second kappa shape index (κ2) is 9.55. The van der Waals surface area contributed by atoms with Crippen molar-refractivity contribution in [1.82, 2.24) is 0 Å². The molecule has 4 heteroatoms. The number of hydrogen-bond donors (Lipinski definition) is 0. The highest BCUT2D eigenvalue weighted by atomic mass is 16.5. The number of esters is 1. The number of carbonyl (C=O) groups excluding carboxylic acids is 1. The van der Waals surface area contributed by atoms with Crippen LogP contribution in [-0.2, 0) is 11.2 Å². The van der Waals surface area contributed by atoms with E-state index in [9.17, 15) is 4.79 Å². The maximum absolute atomic E-state index is 12.8. The Bertz CT molecular complexity index is 539. The van der Waals surface area contributed by atoms with Crippen molar-refractivity contribution in [3.05, 3.63) is 23.3 Å². The van der Waals surface area contributed by atoms with Gasteiger partial charge in [0.15, 0.2) is 0 Å². The van der Waals surface area contributed by atoms with Gasteiger partial charge in [-0.2, -0.15) is 0 Å². The number of carbonyl (C=O) groups is 1. The molecule has 0 unspecified atom stereocenters. The van der Waals surface area contributed by atoms with Gasteiger partial charge in [-0.15, -0.1) is 0 Å². The molecule has 1 aliphatic heterocycles. The minimum atomic E-state index is -0.274. The summed E-state index contributed by atoms with van der Waals surface area (Å²) in [6.45, 7) is 6.94. The van der Waals surface area contributed by atoms with Gasteiger partial charge in [0, 0.05) is 6.07 Å². The quantitative estimate of drug-likeness (QED) is 0.733. The molecule has 0 fully saturated rings. The van der Waals surface area contributed by atoms with E-state index in [0.29, 0.717) is 24.5 Å². The molecule has 0 saturated heterocycles. The molecule has 1 heterocycles. The summed E-state index contributed by atoms with van der Waals surface area (Å²) < 4.78 is 17.1. The van der Waals surface area contributed by atoms with Gasteiger partial charge in [0.1, 0.15) is 17.1 Å². The highest BCUT2D eigenvalue weighted by Gasteiger charge is 2.23. The molecule has 0 aromatic heterocycles. The lowest BCUT2D eigenvalue weighted by Gasteiger charge is -2.20. The van der Waals surface area contributed by atoms with Crippen LogP contribution < -0.4 is 9.47 Å². The molecular formula is C20H30O4. The summed E-state index contributed by atoms with van der Waals surface area (Å²) in [6.07, 6.45) is 7.51. The molecule has 0 aliphatic carbocycles. The summed E-state index contributed by atoms with van der Waals surface area (Å²) in [5.41, 5.74) is 1.55. The Labute approximate surface area is 145 Å². The summed E-state index contributed by atoms with van der Waals surface area (Å²) in [4.78, 5) is 12.8. The van der Waals surface area contributed by atoms with Crippen LogP contribution in [0.5, 0.6) is 11.5 Å². The Morgan fingerprint density at radius 1 is 1.04 bits per heavy atom. The van der Waals surface area contributed by atoms with Crippen LogP contribution in [0.3, 0.4) is 0 Å². The minimum Gasteiger partial charge on any atom is -0.494 e. The van der Waals surface area contributed by atoms with Gasteiger partial charge in [0.05, 0.1) is 19.3 Å². The topological polar surface area (TPSA) is 44.8 Å². The summed E-state index contributed by atoms with van der Waals surface area (Å²) in [6, 6.07) is 3.78. The zero-order valence-electron chi connectivity index (χ0n) is 15.2. The number of hydrogen-bond acceptors (Lipinski definition) is 4. The SMILES string of the molecule is CCOc1cc2c(c(OCC)c1)C(=O)O[C@H](C)CCCCCCC2. The van der Waals surface area contributed by atoms with Crippen LogP contribution in [0.2, 0.25) is 0 Å². The van der Waals surface area contributed by atoms with E-state index in [1.54, 1.807) is 0 Å². The van der Waals surface area contributed by atoms with Gasteiger partial charge in [0.2, 0.25) is 0 Å². The van der Waals surface area contributed by atoms with Gasteiger partial charge >= 0.3 is 5.97 Å². The van der Waals surface area contributed by atoms with E-state index in [-0.39, 0.29) is 12.1 Å². The number of fused-ring (bicyclic) bond motifs is 1. The first-order chi connectivity index (χ1) is 11.7. The van der Waals surface area contributed by atoms with Crippen molar-refractivity contribution in [3.63, 3.8) is 0 Å². The zero-order chi connectivity index (χ0) is 17.4. The van der Waals surface area contributed by atoms with Gasteiger partial charge < -0.3 is 14.2 Å². The maximum Gasteiger partial charge on any atom is 0.342 e. The average molecular weight is 334 g/mol. The van der Waals surface area contributed by atoms with E-state index in [1.807, 2.05) is 32.9 Å². The van der Waals surface area contributed by atoms with Crippen LogP contribution in [0.4, 0.5) is 0 Å². The van der Waals surface area contributed by atoms with Crippen molar-refractivity contribution in [2.24, 2.45) is 0 Å². The predicted octanol–water partition coefficient (Wildman–Crippen LogP) is 4.93. The summed E-state index contributed by atoms with van der Waals surface area (Å²) >= 11 is 0. The predicted molar refractivity (Wildman–Crippen MR) is 95.1 cm³/mol. The lowest BCUT2D eigenvalue weighted by atomic mass is 9.98. The van der Waals surface area contributed by atoms with Crippen molar-refractivity contribution >= 4 is 5.97 Å². The summed E-state index contributed by atoms with van der Waals surface area (Å²) in [7, 11) is 0. The minimum absolute atomic E-state index is 0.0641. The van der Waals surface area contributed by atoms with Crippen LogP contribution in [0.1, 0.15) is 75.2 Å². The molecular weight excluding hydrogens is 304 g/mol. The molecule has 24 heavy (non-hydrogen) atoms. The molecule has 0 bridgehead atoms. The van der Waals surface area contributed by atoms with Crippen molar-refractivity contribution < 1.29 is 19.0 Å². The van der Waals surface area contributed by atoms with Crippen LogP contribution >= 0.6 is 0 Å². The Morgan fingerprint density at radius 3 is 2.50 bits per heavy atom. The third kappa shape index (κ3) is 5.15. The molecule has 0 amide bonds. The monoisotopic (exact) mass is 334 g/mol. The van der Waals surface area contributed by atoms with Crippen molar-refractivity contribution in [2.45, 2.75) is 71.8 Å². The third-order valence-electron chi connectivity index (χ3n) is 4.34. The normalized spacial score (nSPS) is 19.5. The lowest BCUT2D eigenvalue weighted by Crippen LogP contribution is -2.18. The third-order valence-corrected chi connectivity index (χ3v) is 4.34. The first-order valence-corrected chi connectivity index (χ1v) is 9.29. The number of rotatable bonds is 4. The van der Waals surface area contributed by atoms with Crippen molar-refractivity contribution in [3.8, 4) is 11.5 Å². The highest BCUT2D eigenvalue weighted by Crippen LogP contribution is 2.32. The van der Waals surface area contributed by atoms with E-state index >= 15 is 0 Å². The number of aryl methyl sites for hydroxylation is 1. The van der Waals surface area contributed by atoms with E-state index in [1.165, 1.54) is 19.3 Å². The molecule has 1 aliphatic rings. The smallest absolute Gasteiger partial charge is 0.342 e. The van der Waals surface area contributed by atoms with Gasteiger partial charge in [-0.3, -0.25) is 0 Å². The Hall–Kier alpha value is -1.71. The highest BCUT2D eigenvalue weighted by molar-refractivity contribution is 5.94. The van der Waals surface area contributed by atoms with E-state index in [0.717, 1.165) is 37.0 Å². The Balaban J connectivity index is 2.40. The number of ether oxygens (including phenoxy) is 3. The molecule has 1 atom stereocenters. The second-order valence-electron chi connectivity index (χ2n) is 6.34. The number of cyclic esters (lactones) is 1. The average Bonchev–Trinajstić information content (AvgIpc) is 2.53. The fourth-order valence-corrected chi connectivity index (χ4v) is 3.17. The number of benzene rings is 1. The molecule has 1 aromatic rings. The fourth-order valence-electron chi connectivity index (χ4n) is 3.17. The van der Waals surface area contributed by atoms with Gasteiger partial charge in [0.25, 0.3) is 0 Å². The van der Waals surface area contributed by atoms with Crippen molar-refractivity contribution in [1.29, 1.82) is 0 Å². The molecule has 0 spiro atoms. The molecule has 0 saturated carbocycles. The van der Waals surface area contributed by atoms with Crippen LogP contribution in [-0.4, -0.2) is 25.3 Å². The van der Waals surface area contributed by atoms with Gasteiger partial charge in [-0.1, -0.05) is 19.3 Å². The standard InChI is InChI=1S/C20H30O4/c1-4-22-17-13-16-12-10-8-6-7-9-11-15(3)24-20(21)19(16)18(14-17)23-5-2/h13-15H,4-12H2,1-3H3/t15-/m1/s1. The largest absolute Gasteiger partial charge is 0.494 e. The van der Waals surface area contributed by atoms with Crippen LogP contribution in [0.25, 0.3) is 0 Å². The first-order valence-electron chi connectivity index (χ1n) is 9.29. The Morgan fingerprint density at radius 2 is 1.75 bits per heavy atom. The Kier molecular flexibility index (Phi) is 7.41. The van der Waals surface area contributed by atoms with Gasteiger partial charge in [-0.25, -0.2) is 4.79 Å². The zero-order valence-corrected chi connectivity index (χ0v) is 15.2. The summed E-state index contributed by atoms with van der Waals surface area (Å²) in [5.74, 6) is 1.06. The van der Waals surface area contributed by atoms with E-state index < -0.39 is 0 Å². The van der Waals surface area contributed by atoms with Crippen molar-refractivity contribution in [2.75, 3.05) is 13.2 Å². The fraction of sp³-hybridized carbons (Fsp3) is 0.650. The van der Waals surface area contributed by atoms with E-state index in [4.69, 9.17) is 14.2 Å². The molecule has 4 nitrogen and oxygen atoms in total. The van der Waals surface area contributed by atoms with Gasteiger partial charge in [-0.05, 0) is 58.1 Å². The molecule has 134 valence electrons. The molecule has 0 radical (unpaired) electrons. The second-order valence-corrected chi connectivity index (χ2v) is 6.34. The maximum atomic E-state index is 12.8. The van der Waals surface area contributed by atoms with Crippen LogP contribution in [0.15, 0.2) is 12.1 Å². The molecule has 2 rings (SSSR count).